The fourth-order valence-electron chi connectivity index (χ4n) is 1.63. The van der Waals surface area contributed by atoms with E-state index in [1.54, 1.807) is 0 Å². The predicted octanol–water partition coefficient (Wildman–Crippen LogP) is 1.59. The zero-order valence-electron chi connectivity index (χ0n) is 6.94. The molecular formula is C8H17N. The lowest BCUT2D eigenvalue weighted by molar-refractivity contribution is 0.297. The molecule has 1 heteroatoms. The summed E-state index contributed by atoms with van der Waals surface area (Å²) in [6, 6.07) is 0. The van der Waals surface area contributed by atoms with Gasteiger partial charge in [0.25, 0.3) is 0 Å². The van der Waals surface area contributed by atoms with Gasteiger partial charge in [0.2, 0.25) is 0 Å². The molecule has 0 saturated carbocycles. The van der Waals surface area contributed by atoms with Gasteiger partial charge in [-0.15, -0.1) is 0 Å². The fourth-order valence-corrected chi connectivity index (χ4v) is 1.63. The van der Waals surface area contributed by atoms with Gasteiger partial charge in [-0.3, -0.25) is 0 Å². The maximum atomic E-state index is 2.41. The SMILES string of the molecule is C[C@H]1CN(C)CC1(C)C. The van der Waals surface area contributed by atoms with Crippen LogP contribution in [0.15, 0.2) is 0 Å². The lowest BCUT2D eigenvalue weighted by Gasteiger charge is -2.21. The van der Waals surface area contributed by atoms with Crippen LogP contribution in [0.3, 0.4) is 0 Å². The average molecular weight is 127 g/mol. The molecule has 0 N–H and O–H groups in total. The Morgan fingerprint density at radius 3 is 2.11 bits per heavy atom. The molecule has 0 aromatic heterocycles. The summed E-state index contributed by atoms with van der Waals surface area (Å²) in [4.78, 5) is 2.41. The number of nitrogens with zero attached hydrogens (tertiary/aromatic N) is 1. The third-order valence-corrected chi connectivity index (χ3v) is 2.60. The molecule has 1 fully saturated rings. The average Bonchev–Trinajstić information content (AvgIpc) is 1.79. The van der Waals surface area contributed by atoms with Crippen LogP contribution in [0.4, 0.5) is 0 Å². The Morgan fingerprint density at radius 2 is 2.00 bits per heavy atom. The first-order chi connectivity index (χ1) is 4.02. The maximum absolute atomic E-state index is 2.41. The molecule has 9 heavy (non-hydrogen) atoms. The molecular weight excluding hydrogens is 110 g/mol. The molecule has 0 aromatic carbocycles. The second-order valence-corrected chi connectivity index (χ2v) is 4.09. The molecule has 1 atom stereocenters. The van der Waals surface area contributed by atoms with Crippen molar-refractivity contribution in [3.63, 3.8) is 0 Å². The lowest BCUT2D eigenvalue weighted by Crippen LogP contribution is -2.20. The maximum Gasteiger partial charge on any atom is 0.00328 e. The molecule has 0 unspecified atom stereocenters. The van der Waals surface area contributed by atoms with Crippen LogP contribution in [0, 0.1) is 11.3 Å². The van der Waals surface area contributed by atoms with Crippen molar-refractivity contribution in [3.8, 4) is 0 Å². The van der Waals surface area contributed by atoms with Gasteiger partial charge in [0, 0.05) is 13.1 Å². The van der Waals surface area contributed by atoms with E-state index < -0.39 is 0 Å². The van der Waals surface area contributed by atoms with Crippen molar-refractivity contribution in [2.45, 2.75) is 20.8 Å². The molecule has 1 saturated heterocycles. The highest BCUT2D eigenvalue weighted by Crippen LogP contribution is 2.33. The molecule has 0 bridgehead atoms. The monoisotopic (exact) mass is 127 g/mol. The van der Waals surface area contributed by atoms with Gasteiger partial charge in [0.05, 0.1) is 0 Å². The summed E-state index contributed by atoms with van der Waals surface area (Å²) in [5.74, 6) is 0.863. The van der Waals surface area contributed by atoms with Crippen molar-refractivity contribution in [2.75, 3.05) is 20.1 Å². The third kappa shape index (κ3) is 1.26. The van der Waals surface area contributed by atoms with E-state index in [-0.39, 0.29) is 0 Å². The minimum atomic E-state index is 0.550. The van der Waals surface area contributed by atoms with Gasteiger partial charge in [0.15, 0.2) is 0 Å². The predicted molar refractivity (Wildman–Crippen MR) is 40.4 cm³/mol. The van der Waals surface area contributed by atoms with Crippen LogP contribution in [0.1, 0.15) is 20.8 Å². The van der Waals surface area contributed by atoms with Gasteiger partial charge in [-0.1, -0.05) is 20.8 Å². The lowest BCUT2D eigenvalue weighted by atomic mass is 9.84. The molecule has 1 aliphatic rings. The first-order valence-electron chi connectivity index (χ1n) is 3.71. The fraction of sp³-hybridized carbons (Fsp3) is 1.00. The Kier molecular flexibility index (Phi) is 1.55. The van der Waals surface area contributed by atoms with E-state index in [1.807, 2.05) is 0 Å². The Hall–Kier alpha value is -0.0400. The van der Waals surface area contributed by atoms with Crippen LogP contribution < -0.4 is 0 Å². The van der Waals surface area contributed by atoms with E-state index in [0.717, 1.165) is 5.92 Å². The van der Waals surface area contributed by atoms with Gasteiger partial charge in [-0.25, -0.2) is 0 Å². The van der Waals surface area contributed by atoms with Crippen LogP contribution in [0.2, 0.25) is 0 Å². The highest BCUT2D eigenvalue weighted by molar-refractivity contribution is 4.86. The van der Waals surface area contributed by atoms with Crippen molar-refractivity contribution < 1.29 is 0 Å². The zero-order chi connectivity index (χ0) is 7.07. The van der Waals surface area contributed by atoms with Crippen molar-refractivity contribution in [2.24, 2.45) is 11.3 Å². The van der Waals surface area contributed by atoms with Crippen LogP contribution >= 0.6 is 0 Å². The number of hydrogen-bond donors (Lipinski definition) is 0. The van der Waals surface area contributed by atoms with E-state index in [0.29, 0.717) is 5.41 Å². The summed E-state index contributed by atoms with van der Waals surface area (Å²) >= 11 is 0. The standard InChI is InChI=1S/C8H17N/c1-7-5-9(4)6-8(7,2)3/h7H,5-6H2,1-4H3/t7-/m0/s1. The number of rotatable bonds is 0. The molecule has 0 aliphatic carbocycles. The van der Waals surface area contributed by atoms with Crippen molar-refractivity contribution in [1.82, 2.24) is 4.90 Å². The van der Waals surface area contributed by atoms with E-state index in [4.69, 9.17) is 0 Å². The smallest absolute Gasteiger partial charge is 0.00328 e. The number of likely N-dealkylation sites (tertiary alicyclic amines) is 1. The van der Waals surface area contributed by atoms with Crippen molar-refractivity contribution >= 4 is 0 Å². The minimum Gasteiger partial charge on any atom is -0.306 e. The van der Waals surface area contributed by atoms with E-state index in [9.17, 15) is 0 Å². The van der Waals surface area contributed by atoms with Crippen LogP contribution in [0.5, 0.6) is 0 Å². The topological polar surface area (TPSA) is 3.24 Å². The Labute approximate surface area is 58.0 Å². The molecule has 1 heterocycles. The van der Waals surface area contributed by atoms with Crippen LogP contribution in [-0.4, -0.2) is 25.0 Å². The van der Waals surface area contributed by atoms with Crippen LogP contribution in [-0.2, 0) is 0 Å². The van der Waals surface area contributed by atoms with Crippen molar-refractivity contribution in [1.29, 1.82) is 0 Å². The van der Waals surface area contributed by atoms with E-state index in [2.05, 4.69) is 32.7 Å². The summed E-state index contributed by atoms with van der Waals surface area (Å²) in [5.41, 5.74) is 0.550. The van der Waals surface area contributed by atoms with Crippen LogP contribution in [0.25, 0.3) is 0 Å². The molecule has 1 rings (SSSR count). The van der Waals surface area contributed by atoms with Gasteiger partial charge in [-0.05, 0) is 18.4 Å². The Balaban J connectivity index is 2.58. The molecule has 1 nitrogen and oxygen atoms in total. The second-order valence-electron chi connectivity index (χ2n) is 4.09. The molecule has 0 radical (unpaired) electrons. The van der Waals surface area contributed by atoms with Gasteiger partial charge in [0.1, 0.15) is 0 Å². The molecule has 1 aliphatic heterocycles. The summed E-state index contributed by atoms with van der Waals surface area (Å²) in [6.07, 6.45) is 0. The van der Waals surface area contributed by atoms with Gasteiger partial charge < -0.3 is 4.90 Å². The van der Waals surface area contributed by atoms with E-state index >= 15 is 0 Å². The molecule has 54 valence electrons. The first-order valence-corrected chi connectivity index (χ1v) is 3.71. The Morgan fingerprint density at radius 1 is 1.44 bits per heavy atom. The number of hydrogen-bond acceptors (Lipinski definition) is 1. The largest absolute Gasteiger partial charge is 0.306 e. The highest BCUT2D eigenvalue weighted by atomic mass is 15.1. The molecule has 0 spiro atoms. The third-order valence-electron chi connectivity index (χ3n) is 2.60. The summed E-state index contributed by atoms with van der Waals surface area (Å²) in [6.45, 7) is 9.56. The normalized spacial score (nSPS) is 35.3. The Bertz CT molecular complexity index is 107. The molecule has 0 amide bonds. The summed E-state index contributed by atoms with van der Waals surface area (Å²) in [7, 11) is 2.20. The molecule has 0 aromatic rings. The minimum absolute atomic E-state index is 0.550. The van der Waals surface area contributed by atoms with Gasteiger partial charge in [-0.2, -0.15) is 0 Å². The quantitative estimate of drug-likeness (QED) is 0.477. The highest BCUT2D eigenvalue weighted by Gasteiger charge is 2.33. The van der Waals surface area contributed by atoms with E-state index in [1.165, 1.54) is 13.1 Å². The summed E-state index contributed by atoms with van der Waals surface area (Å²) < 4.78 is 0. The second kappa shape index (κ2) is 1.98. The zero-order valence-corrected chi connectivity index (χ0v) is 6.94. The van der Waals surface area contributed by atoms with Gasteiger partial charge >= 0.3 is 0 Å². The van der Waals surface area contributed by atoms with Crippen molar-refractivity contribution in [3.05, 3.63) is 0 Å². The summed E-state index contributed by atoms with van der Waals surface area (Å²) in [5, 5.41) is 0. The first kappa shape index (κ1) is 7.07.